The number of likely N-dealkylation sites (N-methyl/N-ethyl adjacent to an activating group) is 1. The number of halogens is 1. The van der Waals surface area contributed by atoms with E-state index in [1.54, 1.807) is 12.1 Å². The molecule has 1 aromatic heterocycles. The van der Waals surface area contributed by atoms with Gasteiger partial charge in [-0.2, -0.15) is 0 Å². The third-order valence-electron chi connectivity index (χ3n) is 3.53. The number of fused-ring (bicyclic) bond motifs is 1. The lowest BCUT2D eigenvalue weighted by Gasteiger charge is -2.16. The summed E-state index contributed by atoms with van der Waals surface area (Å²) < 4.78 is 0. The second kappa shape index (κ2) is 4.83. The van der Waals surface area contributed by atoms with Crippen molar-refractivity contribution in [2.24, 2.45) is 0 Å². The first kappa shape index (κ1) is 12.4. The molecule has 5 nitrogen and oxygen atoms in total. The number of aromatic nitrogens is 2. The molecule has 0 spiro atoms. The van der Waals surface area contributed by atoms with E-state index in [9.17, 15) is 4.79 Å². The number of benzene rings is 1. The molecule has 3 rings (SSSR count). The van der Waals surface area contributed by atoms with Gasteiger partial charge in [0.1, 0.15) is 0 Å². The third-order valence-corrected chi connectivity index (χ3v) is 3.77. The van der Waals surface area contributed by atoms with Crippen molar-refractivity contribution in [3.63, 3.8) is 0 Å². The Morgan fingerprint density at radius 2 is 2.37 bits per heavy atom. The normalized spacial score (nSPS) is 19.3. The molecule has 0 saturated carbocycles. The molecule has 0 aliphatic carbocycles. The maximum absolute atomic E-state index is 12.1. The van der Waals surface area contributed by atoms with Crippen molar-refractivity contribution >= 4 is 28.5 Å². The van der Waals surface area contributed by atoms with Crippen molar-refractivity contribution in [1.82, 2.24) is 15.3 Å². The Balaban J connectivity index is 2.03. The number of H-pyrrole nitrogens is 1. The van der Waals surface area contributed by atoms with Crippen LogP contribution in [-0.4, -0.2) is 36.1 Å². The van der Waals surface area contributed by atoms with Gasteiger partial charge < -0.3 is 15.2 Å². The molecular weight excluding hydrogens is 264 g/mol. The molecule has 1 aliphatic heterocycles. The molecule has 1 atom stereocenters. The van der Waals surface area contributed by atoms with Crippen LogP contribution in [0.15, 0.2) is 23.0 Å². The Labute approximate surface area is 115 Å². The van der Waals surface area contributed by atoms with Gasteiger partial charge in [0.05, 0.1) is 11.0 Å². The summed E-state index contributed by atoms with van der Waals surface area (Å²) >= 11 is 5.91. The van der Waals surface area contributed by atoms with Gasteiger partial charge >= 0.3 is 0 Å². The molecule has 0 bridgehead atoms. The van der Waals surface area contributed by atoms with Gasteiger partial charge in [-0.25, -0.2) is 4.98 Å². The molecule has 2 N–H and O–H groups in total. The van der Waals surface area contributed by atoms with E-state index in [1.807, 2.05) is 18.0 Å². The van der Waals surface area contributed by atoms with Gasteiger partial charge in [0.2, 0.25) is 0 Å². The first-order chi connectivity index (χ1) is 9.17. The number of anilines is 1. The van der Waals surface area contributed by atoms with Crippen molar-refractivity contribution in [2.75, 3.05) is 25.0 Å². The van der Waals surface area contributed by atoms with Crippen LogP contribution in [0, 0.1) is 0 Å². The van der Waals surface area contributed by atoms with Crippen LogP contribution >= 0.6 is 11.6 Å². The summed E-state index contributed by atoms with van der Waals surface area (Å²) in [7, 11) is 1.94. The Morgan fingerprint density at radius 1 is 1.53 bits per heavy atom. The fourth-order valence-corrected chi connectivity index (χ4v) is 2.62. The van der Waals surface area contributed by atoms with Crippen LogP contribution in [0.2, 0.25) is 5.02 Å². The van der Waals surface area contributed by atoms with Gasteiger partial charge in [-0.05, 0) is 31.7 Å². The summed E-state index contributed by atoms with van der Waals surface area (Å²) in [5.41, 5.74) is 1.27. The first-order valence-electron chi connectivity index (χ1n) is 6.29. The van der Waals surface area contributed by atoms with Gasteiger partial charge in [-0.3, -0.25) is 4.79 Å². The van der Waals surface area contributed by atoms with E-state index in [-0.39, 0.29) is 5.56 Å². The maximum atomic E-state index is 12.1. The topological polar surface area (TPSA) is 61.0 Å². The lowest BCUT2D eigenvalue weighted by molar-refractivity contribution is 0.616. The summed E-state index contributed by atoms with van der Waals surface area (Å²) in [5.74, 6) is 0.493. The molecule has 0 amide bonds. The predicted molar refractivity (Wildman–Crippen MR) is 77.1 cm³/mol. The minimum absolute atomic E-state index is 0.161. The number of hydrogen-bond donors (Lipinski definition) is 2. The van der Waals surface area contributed by atoms with Crippen LogP contribution in [-0.2, 0) is 0 Å². The van der Waals surface area contributed by atoms with Crippen molar-refractivity contribution in [3.8, 4) is 0 Å². The highest BCUT2D eigenvalue weighted by atomic mass is 35.5. The van der Waals surface area contributed by atoms with Crippen LogP contribution in [0.4, 0.5) is 5.82 Å². The van der Waals surface area contributed by atoms with Crippen LogP contribution < -0.4 is 15.8 Å². The quantitative estimate of drug-likeness (QED) is 0.871. The zero-order valence-corrected chi connectivity index (χ0v) is 11.4. The minimum atomic E-state index is -0.161. The zero-order chi connectivity index (χ0) is 13.4. The molecule has 1 saturated heterocycles. The molecule has 0 radical (unpaired) electrons. The van der Waals surface area contributed by atoms with Gasteiger partial charge in [0.15, 0.2) is 5.82 Å². The molecular formula is C13H15ClN4O. The van der Waals surface area contributed by atoms with Crippen LogP contribution in [0.1, 0.15) is 6.42 Å². The monoisotopic (exact) mass is 278 g/mol. The molecule has 100 valence electrons. The molecule has 1 fully saturated rings. The van der Waals surface area contributed by atoms with Gasteiger partial charge in [0.25, 0.3) is 5.56 Å². The first-order valence-corrected chi connectivity index (χ1v) is 6.67. The molecule has 19 heavy (non-hydrogen) atoms. The second-order valence-corrected chi connectivity index (χ2v) is 5.21. The van der Waals surface area contributed by atoms with E-state index in [1.165, 1.54) is 0 Å². The summed E-state index contributed by atoms with van der Waals surface area (Å²) in [6.07, 6.45) is 1.02. The Morgan fingerprint density at radius 3 is 3.11 bits per heavy atom. The Kier molecular flexibility index (Phi) is 3.16. The van der Waals surface area contributed by atoms with Gasteiger partial charge in [-0.1, -0.05) is 11.6 Å². The SMILES string of the molecule is CNC1CCN(c2nc3ccc(Cl)cc3[nH]c2=O)C1. The lowest BCUT2D eigenvalue weighted by atomic mass is 10.3. The summed E-state index contributed by atoms with van der Waals surface area (Å²) in [6.45, 7) is 1.66. The fraction of sp³-hybridized carbons (Fsp3) is 0.385. The standard InChI is InChI=1S/C13H15ClN4O/c1-15-9-4-5-18(7-9)12-13(19)17-11-6-8(14)2-3-10(11)16-12/h2-3,6,9,15H,4-5,7H2,1H3,(H,17,19). The molecule has 2 heterocycles. The lowest BCUT2D eigenvalue weighted by Crippen LogP contribution is -2.32. The van der Waals surface area contributed by atoms with E-state index in [0.717, 1.165) is 25.0 Å². The fourth-order valence-electron chi connectivity index (χ4n) is 2.45. The predicted octanol–water partition coefficient (Wildman–Crippen LogP) is 1.37. The highest BCUT2D eigenvalue weighted by Crippen LogP contribution is 2.19. The molecule has 1 aliphatic rings. The van der Waals surface area contributed by atoms with E-state index in [2.05, 4.69) is 15.3 Å². The molecule has 6 heteroatoms. The van der Waals surface area contributed by atoms with E-state index in [0.29, 0.717) is 22.4 Å². The molecule has 1 aromatic carbocycles. The van der Waals surface area contributed by atoms with E-state index in [4.69, 9.17) is 11.6 Å². The highest BCUT2D eigenvalue weighted by molar-refractivity contribution is 6.31. The van der Waals surface area contributed by atoms with Crippen LogP contribution in [0.25, 0.3) is 11.0 Å². The number of hydrogen-bond acceptors (Lipinski definition) is 4. The smallest absolute Gasteiger partial charge is 0.291 e. The van der Waals surface area contributed by atoms with Crippen molar-refractivity contribution < 1.29 is 0 Å². The minimum Gasteiger partial charge on any atom is -0.350 e. The van der Waals surface area contributed by atoms with Crippen molar-refractivity contribution in [2.45, 2.75) is 12.5 Å². The number of nitrogens with zero attached hydrogens (tertiary/aromatic N) is 2. The summed E-state index contributed by atoms with van der Waals surface area (Å²) in [4.78, 5) is 21.4. The van der Waals surface area contributed by atoms with Gasteiger partial charge in [-0.15, -0.1) is 0 Å². The third kappa shape index (κ3) is 2.31. The number of rotatable bonds is 2. The Bertz CT molecular complexity index is 669. The summed E-state index contributed by atoms with van der Waals surface area (Å²) in [6, 6.07) is 5.74. The van der Waals surface area contributed by atoms with E-state index < -0.39 is 0 Å². The van der Waals surface area contributed by atoms with Crippen LogP contribution in [0.3, 0.4) is 0 Å². The molecule has 1 unspecified atom stereocenters. The maximum Gasteiger partial charge on any atom is 0.291 e. The second-order valence-electron chi connectivity index (χ2n) is 4.77. The Hall–Kier alpha value is -1.59. The number of aromatic amines is 1. The zero-order valence-electron chi connectivity index (χ0n) is 10.6. The van der Waals surface area contributed by atoms with Gasteiger partial charge in [0, 0.05) is 24.2 Å². The average Bonchev–Trinajstić information content (AvgIpc) is 2.86. The largest absolute Gasteiger partial charge is 0.350 e. The van der Waals surface area contributed by atoms with Crippen LogP contribution in [0.5, 0.6) is 0 Å². The molecule has 2 aromatic rings. The van der Waals surface area contributed by atoms with Crippen molar-refractivity contribution in [1.29, 1.82) is 0 Å². The van der Waals surface area contributed by atoms with E-state index >= 15 is 0 Å². The number of nitrogens with one attached hydrogen (secondary N) is 2. The average molecular weight is 279 g/mol. The highest BCUT2D eigenvalue weighted by Gasteiger charge is 2.24. The van der Waals surface area contributed by atoms with Crippen molar-refractivity contribution in [3.05, 3.63) is 33.6 Å². The summed E-state index contributed by atoms with van der Waals surface area (Å²) in [5, 5.41) is 3.82.